The van der Waals surface area contributed by atoms with Crippen LogP contribution < -0.4 is 5.32 Å². The number of benzene rings is 2. The molecule has 1 amide bonds. The molecule has 0 aliphatic rings. The van der Waals surface area contributed by atoms with Gasteiger partial charge in [0.1, 0.15) is 0 Å². The summed E-state index contributed by atoms with van der Waals surface area (Å²) in [6.45, 7) is 8.21. The molecule has 140 valence electrons. The van der Waals surface area contributed by atoms with Gasteiger partial charge in [0.15, 0.2) is 6.10 Å². The summed E-state index contributed by atoms with van der Waals surface area (Å²) >= 11 is 0. The van der Waals surface area contributed by atoms with Crippen LogP contribution in [0.3, 0.4) is 0 Å². The molecule has 2 aromatic carbocycles. The van der Waals surface area contributed by atoms with Crippen molar-refractivity contribution in [3.8, 4) is 0 Å². The van der Waals surface area contributed by atoms with Crippen molar-refractivity contribution in [2.24, 2.45) is 0 Å². The minimum Gasteiger partial charge on any atom is -0.449 e. The maximum Gasteiger partial charge on any atom is 0.340 e. The number of ether oxygens (including phenoxy) is 1. The summed E-state index contributed by atoms with van der Waals surface area (Å²) in [5.41, 5.74) is 3.02. The lowest BCUT2D eigenvalue weighted by Crippen LogP contribution is -2.30. The minimum absolute atomic E-state index is 0.358. The molecule has 3 aromatic rings. The minimum atomic E-state index is -0.895. The highest BCUT2D eigenvalue weighted by Crippen LogP contribution is 2.20. The first kappa shape index (κ1) is 18.7. The summed E-state index contributed by atoms with van der Waals surface area (Å²) in [5, 5.41) is 4.94. The van der Waals surface area contributed by atoms with Crippen LogP contribution >= 0.6 is 0 Å². The second-order valence-corrected chi connectivity index (χ2v) is 6.63. The highest BCUT2D eigenvalue weighted by molar-refractivity contribution is 5.99. The highest BCUT2D eigenvalue weighted by atomic mass is 16.5. The summed E-state index contributed by atoms with van der Waals surface area (Å²) < 4.78 is 7.43. The molecule has 0 fully saturated rings. The molecule has 1 aromatic heterocycles. The zero-order chi connectivity index (χ0) is 19.6. The quantitative estimate of drug-likeness (QED) is 0.680. The molecule has 1 atom stereocenters. The van der Waals surface area contributed by atoms with Gasteiger partial charge in [-0.1, -0.05) is 30.3 Å². The number of hydrogen-bond acceptors (Lipinski definition) is 3. The Labute approximate surface area is 158 Å². The van der Waals surface area contributed by atoms with Gasteiger partial charge in [0, 0.05) is 23.6 Å². The fourth-order valence-electron chi connectivity index (χ4n) is 3.28. The van der Waals surface area contributed by atoms with Crippen molar-refractivity contribution in [2.45, 2.75) is 40.3 Å². The predicted octanol–water partition coefficient (Wildman–Crippen LogP) is 4.46. The van der Waals surface area contributed by atoms with Crippen molar-refractivity contribution in [3.05, 3.63) is 65.5 Å². The Morgan fingerprint density at radius 1 is 1.07 bits per heavy atom. The van der Waals surface area contributed by atoms with Crippen molar-refractivity contribution in [3.63, 3.8) is 0 Å². The average Bonchev–Trinajstić information content (AvgIpc) is 2.95. The monoisotopic (exact) mass is 364 g/mol. The van der Waals surface area contributed by atoms with Gasteiger partial charge in [0.05, 0.1) is 5.56 Å². The van der Waals surface area contributed by atoms with E-state index < -0.39 is 12.1 Å². The Bertz CT molecular complexity index is 1000. The molecule has 1 N–H and O–H groups in total. The van der Waals surface area contributed by atoms with Crippen molar-refractivity contribution < 1.29 is 14.3 Å². The van der Waals surface area contributed by atoms with Crippen molar-refractivity contribution in [1.29, 1.82) is 0 Å². The number of hydrogen-bond donors (Lipinski definition) is 1. The van der Waals surface area contributed by atoms with Gasteiger partial charge < -0.3 is 14.6 Å². The van der Waals surface area contributed by atoms with Gasteiger partial charge in [-0.25, -0.2) is 4.79 Å². The molecule has 5 nitrogen and oxygen atoms in total. The Morgan fingerprint density at radius 2 is 1.78 bits per heavy atom. The number of carbonyl (C=O) groups is 2. The van der Waals surface area contributed by atoms with Gasteiger partial charge in [-0.15, -0.1) is 0 Å². The number of aryl methyl sites for hydroxylation is 1. The van der Waals surface area contributed by atoms with E-state index in [9.17, 15) is 9.59 Å². The average molecular weight is 364 g/mol. The van der Waals surface area contributed by atoms with E-state index >= 15 is 0 Å². The van der Waals surface area contributed by atoms with E-state index in [1.165, 1.54) is 0 Å². The van der Waals surface area contributed by atoms with Gasteiger partial charge in [-0.2, -0.15) is 0 Å². The molecule has 0 aliphatic carbocycles. The van der Waals surface area contributed by atoms with E-state index in [1.54, 1.807) is 13.0 Å². The summed E-state index contributed by atoms with van der Waals surface area (Å²) in [5.74, 6) is -0.841. The fourth-order valence-corrected chi connectivity index (χ4v) is 3.28. The molecule has 1 heterocycles. The standard InChI is InChI=1S/C22H24N2O3/c1-5-24-14(2)12-20(15(24)3)22(26)27-16(4)21(25)23-19-11-10-17-8-6-7-9-18(17)13-19/h6-13,16H,5H2,1-4H3,(H,23,25)/t16-/m1/s1. The van der Waals surface area contributed by atoms with E-state index in [-0.39, 0.29) is 5.91 Å². The SMILES string of the molecule is CCn1c(C)cc(C(=O)O[C@H](C)C(=O)Nc2ccc3ccccc3c2)c1C. The number of fused-ring (bicyclic) bond motifs is 1. The van der Waals surface area contributed by atoms with Crippen LogP contribution in [0, 0.1) is 13.8 Å². The van der Waals surface area contributed by atoms with Gasteiger partial charge in [-0.05, 0) is 56.7 Å². The topological polar surface area (TPSA) is 60.3 Å². The van der Waals surface area contributed by atoms with E-state index in [0.29, 0.717) is 11.3 Å². The lowest BCUT2D eigenvalue weighted by atomic mass is 10.1. The highest BCUT2D eigenvalue weighted by Gasteiger charge is 2.22. The first-order valence-corrected chi connectivity index (χ1v) is 9.08. The van der Waals surface area contributed by atoms with Gasteiger partial charge in [0.2, 0.25) is 0 Å². The predicted molar refractivity (Wildman–Crippen MR) is 107 cm³/mol. The van der Waals surface area contributed by atoms with Gasteiger partial charge in [0.25, 0.3) is 5.91 Å². The summed E-state index contributed by atoms with van der Waals surface area (Å²) in [7, 11) is 0. The lowest BCUT2D eigenvalue weighted by molar-refractivity contribution is -0.123. The number of esters is 1. The Hall–Kier alpha value is -3.08. The normalized spacial score (nSPS) is 12.0. The zero-order valence-electron chi connectivity index (χ0n) is 16.1. The van der Waals surface area contributed by atoms with Crippen LogP contribution in [0.5, 0.6) is 0 Å². The van der Waals surface area contributed by atoms with E-state index in [4.69, 9.17) is 4.74 Å². The van der Waals surface area contributed by atoms with Gasteiger partial charge >= 0.3 is 5.97 Å². The van der Waals surface area contributed by atoms with E-state index in [1.807, 2.05) is 67.8 Å². The fraction of sp³-hybridized carbons (Fsp3) is 0.273. The number of aromatic nitrogens is 1. The summed E-state index contributed by atoms with van der Waals surface area (Å²) in [6, 6.07) is 15.4. The summed E-state index contributed by atoms with van der Waals surface area (Å²) in [4.78, 5) is 24.9. The third-order valence-electron chi connectivity index (χ3n) is 4.78. The third-order valence-corrected chi connectivity index (χ3v) is 4.78. The van der Waals surface area contributed by atoms with E-state index in [0.717, 1.165) is 28.7 Å². The first-order chi connectivity index (χ1) is 12.9. The molecule has 0 aliphatic heterocycles. The number of carbonyl (C=O) groups excluding carboxylic acids is 2. The van der Waals surface area contributed by atoms with Crippen molar-refractivity contribution in [1.82, 2.24) is 4.57 Å². The molecule has 3 rings (SSSR count). The molecular formula is C22H24N2O3. The molecule has 27 heavy (non-hydrogen) atoms. The van der Waals surface area contributed by atoms with Crippen LogP contribution in [0.15, 0.2) is 48.5 Å². The first-order valence-electron chi connectivity index (χ1n) is 9.08. The second-order valence-electron chi connectivity index (χ2n) is 6.63. The van der Waals surface area contributed by atoms with E-state index in [2.05, 4.69) is 5.32 Å². The number of anilines is 1. The van der Waals surface area contributed by atoms with Crippen LogP contribution in [-0.2, 0) is 16.1 Å². The largest absolute Gasteiger partial charge is 0.449 e. The van der Waals surface area contributed by atoms with Crippen LogP contribution in [0.4, 0.5) is 5.69 Å². The lowest BCUT2D eigenvalue weighted by Gasteiger charge is -2.14. The van der Waals surface area contributed by atoms with Crippen LogP contribution in [-0.4, -0.2) is 22.5 Å². The molecule has 0 bridgehead atoms. The van der Waals surface area contributed by atoms with Crippen molar-refractivity contribution >= 4 is 28.3 Å². The second kappa shape index (κ2) is 7.66. The third kappa shape index (κ3) is 3.87. The molecular weight excluding hydrogens is 340 g/mol. The maximum atomic E-state index is 12.5. The molecule has 0 spiro atoms. The Morgan fingerprint density at radius 3 is 2.44 bits per heavy atom. The Kier molecular flexibility index (Phi) is 5.31. The smallest absolute Gasteiger partial charge is 0.340 e. The molecule has 0 saturated heterocycles. The van der Waals surface area contributed by atoms with Crippen molar-refractivity contribution in [2.75, 3.05) is 5.32 Å². The zero-order valence-corrected chi connectivity index (χ0v) is 16.1. The van der Waals surface area contributed by atoms with Gasteiger partial charge in [-0.3, -0.25) is 4.79 Å². The molecule has 0 saturated carbocycles. The van der Waals surface area contributed by atoms with Crippen LogP contribution in [0.25, 0.3) is 10.8 Å². The molecule has 5 heteroatoms. The number of nitrogens with zero attached hydrogens (tertiary/aromatic N) is 1. The number of nitrogens with one attached hydrogen (secondary N) is 1. The summed E-state index contributed by atoms with van der Waals surface area (Å²) in [6.07, 6.45) is -0.895. The Balaban J connectivity index is 1.68. The molecule has 0 unspecified atom stereocenters. The van der Waals surface area contributed by atoms with Crippen LogP contribution in [0.1, 0.15) is 35.6 Å². The van der Waals surface area contributed by atoms with Crippen LogP contribution in [0.2, 0.25) is 0 Å². The number of amides is 1. The molecule has 0 radical (unpaired) electrons. The number of rotatable bonds is 5. The maximum absolute atomic E-state index is 12.5.